The highest BCUT2D eigenvalue weighted by atomic mass is 15.3. The maximum absolute atomic E-state index is 5.63. The van der Waals surface area contributed by atoms with Gasteiger partial charge in [-0.25, -0.2) is 0 Å². The number of hydrogen-bond acceptors (Lipinski definition) is 3. The molecule has 1 heterocycles. The summed E-state index contributed by atoms with van der Waals surface area (Å²) in [7, 11) is 0. The lowest BCUT2D eigenvalue weighted by Gasteiger charge is -2.24. The van der Waals surface area contributed by atoms with Crippen molar-refractivity contribution in [3.8, 4) is 0 Å². The van der Waals surface area contributed by atoms with E-state index in [4.69, 9.17) is 5.73 Å². The molecule has 98 valence electrons. The van der Waals surface area contributed by atoms with Crippen LogP contribution in [-0.4, -0.2) is 21.3 Å². The van der Waals surface area contributed by atoms with Crippen molar-refractivity contribution >= 4 is 0 Å². The van der Waals surface area contributed by atoms with E-state index in [2.05, 4.69) is 42.5 Å². The van der Waals surface area contributed by atoms with Crippen molar-refractivity contribution in [1.29, 1.82) is 0 Å². The van der Waals surface area contributed by atoms with Crippen LogP contribution in [0, 0.1) is 12.3 Å². The third-order valence-corrected chi connectivity index (χ3v) is 3.30. The zero-order valence-corrected chi connectivity index (χ0v) is 11.8. The van der Waals surface area contributed by atoms with Crippen LogP contribution < -0.4 is 5.73 Å². The van der Waals surface area contributed by atoms with E-state index in [1.165, 1.54) is 0 Å². The molecule has 2 N–H and O–H groups in total. The second kappa shape index (κ2) is 5.63. The normalized spacial score (nSPS) is 12.4. The van der Waals surface area contributed by atoms with Gasteiger partial charge in [0.15, 0.2) is 0 Å². The number of nitrogens with two attached hydrogens (primary N) is 1. The van der Waals surface area contributed by atoms with E-state index < -0.39 is 0 Å². The minimum atomic E-state index is 0.288. The maximum atomic E-state index is 5.63. The van der Waals surface area contributed by atoms with E-state index in [1.54, 1.807) is 0 Å². The maximum Gasteiger partial charge on any atom is 0.133 e. The van der Waals surface area contributed by atoms with Crippen molar-refractivity contribution < 1.29 is 0 Å². The van der Waals surface area contributed by atoms with Gasteiger partial charge in [-0.05, 0) is 45.6 Å². The Kier molecular flexibility index (Phi) is 4.69. The van der Waals surface area contributed by atoms with E-state index in [9.17, 15) is 0 Å². The molecule has 0 atom stereocenters. The molecule has 1 aromatic heterocycles. The lowest BCUT2D eigenvalue weighted by atomic mass is 9.84. The first-order valence-electron chi connectivity index (χ1n) is 6.48. The third-order valence-electron chi connectivity index (χ3n) is 3.30. The molecule has 0 spiro atoms. The van der Waals surface area contributed by atoms with Gasteiger partial charge >= 0.3 is 0 Å². The minimum absolute atomic E-state index is 0.288. The molecule has 0 amide bonds. The van der Waals surface area contributed by atoms with Gasteiger partial charge < -0.3 is 10.3 Å². The smallest absolute Gasteiger partial charge is 0.133 e. The van der Waals surface area contributed by atoms with Gasteiger partial charge in [0.1, 0.15) is 11.6 Å². The molecule has 1 rings (SSSR count). The second-order valence-electron chi connectivity index (χ2n) is 5.83. The fourth-order valence-corrected chi connectivity index (χ4v) is 2.22. The molecule has 0 aliphatic heterocycles. The lowest BCUT2D eigenvalue weighted by molar-refractivity contribution is 0.308. The topological polar surface area (TPSA) is 56.7 Å². The average Bonchev–Trinajstić information content (AvgIpc) is 2.57. The molecule has 0 aromatic carbocycles. The molecule has 0 saturated carbocycles. The predicted octanol–water partition coefficient (Wildman–Crippen LogP) is 2.48. The highest BCUT2D eigenvalue weighted by Gasteiger charge is 2.19. The van der Waals surface area contributed by atoms with Crippen LogP contribution in [0.5, 0.6) is 0 Å². The Balaban J connectivity index is 2.70. The van der Waals surface area contributed by atoms with Gasteiger partial charge in [-0.2, -0.15) is 0 Å². The Hall–Kier alpha value is -0.900. The van der Waals surface area contributed by atoms with Crippen molar-refractivity contribution in [2.24, 2.45) is 11.1 Å². The molecule has 17 heavy (non-hydrogen) atoms. The summed E-state index contributed by atoms with van der Waals surface area (Å²) in [4.78, 5) is 0. The Bertz CT molecular complexity index is 352. The van der Waals surface area contributed by atoms with E-state index in [0.29, 0.717) is 6.04 Å². The van der Waals surface area contributed by atoms with Crippen molar-refractivity contribution in [3.63, 3.8) is 0 Å². The van der Waals surface area contributed by atoms with Gasteiger partial charge in [0.05, 0.1) is 0 Å². The number of aryl methyl sites for hydroxylation is 2. The van der Waals surface area contributed by atoms with Crippen LogP contribution in [-0.2, 0) is 6.42 Å². The Morgan fingerprint density at radius 1 is 1.24 bits per heavy atom. The molecule has 0 aliphatic rings. The van der Waals surface area contributed by atoms with E-state index in [-0.39, 0.29) is 5.41 Å². The van der Waals surface area contributed by atoms with E-state index in [0.717, 1.165) is 37.5 Å². The molecule has 0 fully saturated rings. The van der Waals surface area contributed by atoms with Crippen LogP contribution in [0.15, 0.2) is 0 Å². The van der Waals surface area contributed by atoms with Crippen LogP contribution >= 0.6 is 0 Å². The summed E-state index contributed by atoms with van der Waals surface area (Å²) >= 11 is 0. The second-order valence-corrected chi connectivity index (χ2v) is 5.83. The number of hydrogen-bond donors (Lipinski definition) is 1. The van der Waals surface area contributed by atoms with Gasteiger partial charge in [-0.1, -0.05) is 13.8 Å². The standard InChI is InChI=1S/C13H26N4/c1-10(2)17-11(3)15-16-12(17)6-7-13(4,5)8-9-14/h10H,6-9,14H2,1-5H3. The fraction of sp³-hybridized carbons (Fsp3) is 0.846. The Labute approximate surface area is 105 Å². The highest BCUT2D eigenvalue weighted by molar-refractivity contribution is 4.97. The SMILES string of the molecule is Cc1nnc(CCC(C)(C)CCN)n1C(C)C. The van der Waals surface area contributed by atoms with Crippen molar-refractivity contribution in [2.45, 2.75) is 59.9 Å². The zero-order valence-electron chi connectivity index (χ0n) is 11.8. The number of aromatic nitrogens is 3. The number of rotatable bonds is 6. The summed E-state index contributed by atoms with van der Waals surface area (Å²) in [6.45, 7) is 11.6. The van der Waals surface area contributed by atoms with Gasteiger partial charge in [0.25, 0.3) is 0 Å². The van der Waals surface area contributed by atoms with Gasteiger partial charge in [0, 0.05) is 12.5 Å². The van der Waals surface area contributed by atoms with Gasteiger partial charge in [-0.15, -0.1) is 10.2 Å². The Morgan fingerprint density at radius 3 is 2.41 bits per heavy atom. The molecular weight excluding hydrogens is 212 g/mol. The first-order valence-corrected chi connectivity index (χ1v) is 6.48. The van der Waals surface area contributed by atoms with Crippen LogP contribution in [0.4, 0.5) is 0 Å². The summed E-state index contributed by atoms with van der Waals surface area (Å²) in [5.74, 6) is 2.11. The first-order chi connectivity index (χ1) is 7.87. The molecule has 4 heteroatoms. The first kappa shape index (κ1) is 14.2. The van der Waals surface area contributed by atoms with Crippen molar-refractivity contribution in [2.75, 3.05) is 6.54 Å². The molecular formula is C13H26N4. The monoisotopic (exact) mass is 238 g/mol. The summed E-state index contributed by atoms with van der Waals surface area (Å²) in [6.07, 6.45) is 3.14. The fourth-order valence-electron chi connectivity index (χ4n) is 2.22. The predicted molar refractivity (Wildman–Crippen MR) is 70.9 cm³/mol. The summed E-state index contributed by atoms with van der Waals surface area (Å²) in [5.41, 5.74) is 5.92. The zero-order chi connectivity index (χ0) is 13.1. The molecule has 0 radical (unpaired) electrons. The summed E-state index contributed by atoms with van der Waals surface area (Å²) in [5, 5.41) is 8.45. The van der Waals surface area contributed by atoms with Crippen molar-refractivity contribution in [3.05, 3.63) is 11.6 Å². The van der Waals surface area contributed by atoms with Crippen LogP contribution in [0.1, 0.15) is 58.2 Å². The average molecular weight is 238 g/mol. The molecule has 1 aromatic rings. The molecule has 0 bridgehead atoms. The summed E-state index contributed by atoms with van der Waals surface area (Å²) < 4.78 is 2.22. The van der Waals surface area contributed by atoms with Crippen LogP contribution in [0.2, 0.25) is 0 Å². The van der Waals surface area contributed by atoms with E-state index >= 15 is 0 Å². The molecule has 0 aliphatic carbocycles. The largest absolute Gasteiger partial charge is 0.330 e. The van der Waals surface area contributed by atoms with Crippen molar-refractivity contribution in [1.82, 2.24) is 14.8 Å². The quantitative estimate of drug-likeness (QED) is 0.828. The molecule has 0 unspecified atom stereocenters. The number of nitrogens with zero attached hydrogens (tertiary/aromatic N) is 3. The third kappa shape index (κ3) is 3.80. The lowest BCUT2D eigenvalue weighted by Crippen LogP contribution is -2.19. The van der Waals surface area contributed by atoms with E-state index in [1.807, 2.05) is 6.92 Å². The molecule has 4 nitrogen and oxygen atoms in total. The molecule has 0 saturated heterocycles. The Morgan fingerprint density at radius 2 is 1.88 bits per heavy atom. The highest BCUT2D eigenvalue weighted by Crippen LogP contribution is 2.26. The van der Waals surface area contributed by atoms with Gasteiger partial charge in [0.2, 0.25) is 0 Å². The van der Waals surface area contributed by atoms with Gasteiger partial charge in [-0.3, -0.25) is 0 Å². The summed E-state index contributed by atoms with van der Waals surface area (Å²) in [6, 6.07) is 0.428. The minimum Gasteiger partial charge on any atom is -0.330 e. The van der Waals surface area contributed by atoms with Crippen LogP contribution in [0.25, 0.3) is 0 Å². The van der Waals surface area contributed by atoms with Crippen LogP contribution in [0.3, 0.4) is 0 Å².